The van der Waals surface area contributed by atoms with Crippen LogP contribution in [-0.2, 0) is 26.3 Å². The molecule has 35 heavy (non-hydrogen) atoms. The fourth-order valence-corrected chi connectivity index (χ4v) is 6.62. The molecule has 6 rings (SSSR count). The van der Waals surface area contributed by atoms with E-state index in [1.165, 1.54) is 35.2 Å². The van der Waals surface area contributed by atoms with Gasteiger partial charge in [0.2, 0.25) is 17.7 Å². The van der Waals surface area contributed by atoms with E-state index in [-0.39, 0.29) is 35.8 Å². The Morgan fingerprint density at radius 1 is 0.971 bits per heavy atom. The smallest absolute Gasteiger partial charge is 0.250 e. The molecule has 3 heterocycles. The maximum Gasteiger partial charge on any atom is 0.250 e. The zero-order chi connectivity index (χ0) is 24.5. The van der Waals surface area contributed by atoms with Crippen LogP contribution in [0.25, 0.3) is 0 Å². The van der Waals surface area contributed by atoms with Crippen molar-refractivity contribution in [3.63, 3.8) is 0 Å². The van der Waals surface area contributed by atoms with Crippen LogP contribution in [0.5, 0.6) is 11.5 Å². The first-order valence-corrected chi connectivity index (χ1v) is 12.1. The molecule has 182 valence electrons. The Balaban J connectivity index is 1.46. The van der Waals surface area contributed by atoms with Crippen molar-refractivity contribution in [1.29, 1.82) is 0 Å². The fourth-order valence-electron chi connectivity index (χ4n) is 6.62. The quantitative estimate of drug-likeness (QED) is 0.397. The maximum atomic E-state index is 14.4. The Kier molecular flexibility index (Phi) is 4.90. The van der Waals surface area contributed by atoms with Crippen LogP contribution in [0.3, 0.4) is 0 Å². The number of imide groups is 1. The van der Waals surface area contributed by atoms with Crippen molar-refractivity contribution >= 4 is 23.4 Å². The van der Waals surface area contributed by atoms with Gasteiger partial charge in [-0.15, -0.1) is 0 Å². The van der Waals surface area contributed by atoms with Gasteiger partial charge in [-0.25, -0.2) is 4.39 Å². The Morgan fingerprint density at radius 2 is 1.74 bits per heavy atom. The predicted molar refractivity (Wildman–Crippen MR) is 123 cm³/mol. The monoisotopic (exact) mass is 479 g/mol. The zero-order valence-corrected chi connectivity index (χ0v) is 19.0. The minimum Gasteiger partial charge on any atom is -0.504 e. The second-order valence-electron chi connectivity index (χ2n) is 10.1. The van der Waals surface area contributed by atoms with Crippen LogP contribution >= 0.6 is 0 Å². The molecule has 3 amide bonds. The van der Waals surface area contributed by atoms with Crippen molar-refractivity contribution in [2.45, 2.75) is 56.1 Å². The summed E-state index contributed by atoms with van der Waals surface area (Å²) in [6.07, 6.45) is 4.65. The number of carbonyl (C=O) groups excluding carboxylic acids is 3. The van der Waals surface area contributed by atoms with Gasteiger partial charge in [-0.3, -0.25) is 24.6 Å². The van der Waals surface area contributed by atoms with Gasteiger partial charge < -0.3 is 15.5 Å². The molecule has 2 aromatic rings. The molecule has 3 aliphatic heterocycles. The van der Waals surface area contributed by atoms with E-state index < -0.39 is 35.1 Å². The molecule has 0 aromatic heterocycles. The van der Waals surface area contributed by atoms with E-state index in [1.807, 2.05) is 0 Å². The number of fused-ring (bicyclic) bond motifs is 4. The van der Waals surface area contributed by atoms with Gasteiger partial charge in [0.15, 0.2) is 11.5 Å². The molecule has 0 bridgehead atoms. The minimum absolute atomic E-state index is 0.193. The van der Waals surface area contributed by atoms with Crippen LogP contribution in [0.2, 0.25) is 0 Å². The van der Waals surface area contributed by atoms with Crippen molar-refractivity contribution < 1.29 is 29.0 Å². The molecular weight excluding hydrogens is 453 g/mol. The molecule has 4 N–H and O–H groups in total. The number of nitrogens with one attached hydrogen (secondary N) is 2. The molecule has 2 aromatic carbocycles. The topological polar surface area (TPSA) is 119 Å². The van der Waals surface area contributed by atoms with Crippen molar-refractivity contribution in [2.75, 3.05) is 5.32 Å². The van der Waals surface area contributed by atoms with Crippen LogP contribution in [0.1, 0.15) is 43.2 Å². The Bertz CT molecular complexity index is 1260. The molecule has 4 aliphatic rings. The van der Waals surface area contributed by atoms with E-state index in [1.54, 1.807) is 6.07 Å². The SMILES string of the molecule is O=C1[C@@H]2C(Cc3ccc(O)c(O)c3)NC3(C(=O)Nc4ccc(F)cc43)[C@@H]2C(=O)N1C1CCCCC1. The number of carbonyl (C=O) groups is 3. The third-order valence-corrected chi connectivity index (χ3v) is 8.15. The van der Waals surface area contributed by atoms with E-state index >= 15 is 0 Å². The van der Waals surface area contributed by atoms with Crippen LogP contribution in [0, 0.1) is 17.7 Å². The Labute approximate surface area is 201 Å². The number of hydrogen-bond acceptors (Lipinski definition) is 6. The number of halogens is 1. The third-order valence-electron chi connectivity index (χ3n) is 8.15. The highest BCUT2D eigenvalue weighted by atomic mass is 19.1. The van der Waals surface area contributed by atoms with E-state index in [0.29, 0.717) is 16.8 Å². The molecule has 1 saturated carbocycles. The highest BCUT2D eigenvalue weighted by Crippen LogP contribution is 2.54. The lowest BCUT2D eigenvalue weighted by molar-refractivity contribution is -0.146. The molecule has 2 unspecified atom stereocenters. The lowest BCUT2D eigenvalue weighted by Crippen LogP contribution is -2.54. The molecule has 3 fully saturated rings. The number of phenols is 2. The summed E-state index contributed by atoms with van der Waals surface area (Å²) >= 11 is 0. The van der Waals surface area contributed by atoms with Gasteiger partial charge in [0.05, 0.1) is 11.8 Å². The maximum absolute atomic E-state index is 14.4. The second kappa shape index (κ2) is 7.78. The van der Waals surface area contributed by atoms with Crippen molar-refractivity contribution in [1.82, 2.24) is 10.2 Å². The average molecular weight is 480 g/mol. The van der Waals surface area contributed by atoms with Gasteiger partial charge in [0.25, 0.3) is 0 Å². The summed E-state index contributed by atoms with van der Waals surface area (Å²) in [6, 6.07) is 7.55. The number of rotatable bonds is 3. The van der Waals surface area contributed by atoms with Gasteiger partial charge >= 0.3 is 0 Å². The summed E-state index contributed by atoms with van der Waals surface area (Å²) in [5, 5.41) is 25.7. The fraction of sp³-hybridized carbons (Fsp3) is 0.423. The number of likely N-dealkylation sites (tertiary alicyclic amines) is 1. The molecular formula is C26H26FN3O5. The van der Waals surface area contributed by atoms with Crippen LogP contribution in [0.15, 0.2) is 36.4 Å². The summed E-state index contributed by atoms with van der Waals surface area (Å²) < 4.78 is 14.4. The summed E-state index contributed by atoms with van der Waals surface area (Å²) in [6.45, 7) is 0. The normalized spacial score (nSPS) is 30.1. The standard InChI is InChI=1S/C26H26FN3O5/c27-14-7-8-17-16(12-14)26(25(35)28-17)22-21(18(29-26)10-13-6-9-19(31)20(32)11-13)23(33)30(24(22)34)15-4-2-1-3-5-15/h6-9,11-12,15,18,21-22,29,31-32H,1-5,10H2,(H,28,35)/t18?,21-,22+,26?/m1/s1. The van der Waals surface area contributed by atoms with Gasteiger partial charge in [-0.1, -0.05) is 25.3 Å². The molecule has 2 saturated heterocycles. The number of benzene rings is 2. The Morgan fingerprint density at radius 3 is 2.49 bits per heavy atom. The summed E-state index contributed by atoms with van der Waals surface area (Å²) in [5.41, 5.74) is -0.188. The number of amides is 3. The zero-order valence-electron chi connectivity index (χ0n) is 19.0. The van der Waals surface area contributed by atoms with Crippen LogP contribution < -0.4 is 10.6 Å². The van der Waals surface area contributed by atoms with Gasteiger partial charge in [0, 0.05) is 23.3 Å². The van der Waals surface area contributed by atoms with Gasteiger partial charge in [-0.05, 0) is 55.2 Å². The molecule has 9 heteroatoms. The molecule has 4 atom stereocenters. The first-order chi connectivity index (χ1) is 16.8. The number of anilines is 1. The van der Waals surface area contributed by atoms with Gasteiger partial charge in [0.1, 0.15) is 11.4 Å². The summed E-state index contributed by atoms with van der Waals surface area (Å²) in [4.78, 5) is 42.6. The van der Waals surface area contributed by atoms with E-state index in [9.17, 15) is 29.0 Å². The largest absolute Gasteiger partial charge is 0.504 e. The number of phenolic OH excluding ortho intramolecular Hbond substituents is 2. The Hall–Kier alpha value is -3.46. The lowest BCUT2D eigenvalue weighted by Gasteiger charge is -2.34. The third kappa shape index (κ3) is 3.10. The molecule has 8 nitrogen and oxygen atoms in total. The van der Waals surface area contributed by atoms with E-state index in [4.69, 9.17) is 0 Å². The highest BCUT2D eigenvalue weighted by molar-refractivity contribution is 6.15. The van der Waals surface area contributed by atoms with Crippen molar-refractivity contribution in [3.8, 4) is 11.5 Å². The highest BCUT2D eigenvalue weighted by Gasteiger charge is 2.70. The summed E-state index contributed by atoms with van der Waals surface area (Å²) in [7, 11) is 0. The average Bonchev–Trinajstić information content (AvgIpc) is 3.41. The first-order valence-electron chi connectivity index (χ1n) is 12.1. The molecule has 0 radical (unpaired) electrons. The van der Waals surface area contributed by atoms with Gasteiger partial charge in [-0.2, -0.15) is 0 Å². The molecule has 1 aliphatic carbocycles. The number of hydrogen-bond donors (Lipinski definition) is 4. The predicted octanol–water partition coefficient (Wildman–Crippen LogP) is 2.53. The second-order valence-corrected chi connectivity index (χ2v) is 10.1. The number of aromatic hydroxyl groups is 2. The summed E-state index contributed by atoms with van der Waals surface area (Å²) in [5.74, 6) is -4.09. The van der Waals surface area contributed by atoms with Crippen molar-refractivity contribution in [3.05, 3.63) is 53.3 Å². The first kappa shape index (κ1) is 22.0. The van der Waals surface area contributed by atoms with Crippen LogP contribution in [0.4, 0.5) is 10.1 Å². The van der Waals surface area contributed by atoms with Crippen molar-refractivity contribution in [2.24, 2.45) is 11.8 Å². The van der Waals surface area contributed by atoms with E-state index in [2.05, 4.69) is 10.6 Å². The minimum atomic E-state index is -1.57. The van der Waals surface area contributed by atoms with Crippen LogP contribution in [-0.4, -0.2) is 44.9 Å². The number of nitrogens with zero attached hydrogens (tertiary/aromatic N) is 1. The molecule has 1 spiro atoms. The lowest BCUT2D eigenvalue weighted by atomic mass is 9.76. The van der Waals surface area contributed by atoms with E-state index in [0.717, 1.165) is 32.1 Å².